The van der Waals surface area contributed by atoms with Crippen LogP contribution in [0.25, 0.3) is 0 Å². The van der Waals surface area contributed by atoms with Crippen molar-refractivity contribution in [3.63, 3.8) is 0 Å². The van der Waals surface area contributed by atoms with Gasteiger partial charge in [-0.25, -0.2) is 0 Å². The lowest BCUT2D eigenvalue weighted by Crippen LogP contribution is -2.50. The summed E-state index contributed by atoms with van der Waals surface area (Å²) in [5.74, 6) is -0.148. The molecule has 0 saturated carbocycles. The van der Waals surface area contributed by atoms with Crippen molar-refractivity contribution >= 4 is 5.97 Å². The molecule has 1 unspecified atom stereocenters. The number of carbonyl (C=O) groups excluding carboxylic acids is 1. The molecule has 3 aromatic carbocycles. The Morgan fingerprint density at radius 1 is 0.731 bits per heavy atom. The van der Waals surface area contributed by atoms with E-state index in [1.807, 2.05) is 54.6 Å². The van der Waals surface area contributed by atoms with Crippen LogP contribution in [0, 0.1) is 0 Å². The van der Waals surface area contributed by atoms with Crippen molar-refractivity contribution in [3.8, 4) is 0 Å². The van der Waals surface area contributed by atoms with E-state index in [0.29, 0.717) is 13.0 Å². The van der Waals surface area contributed by atoms with Crippen LogP contribution in [0.3, 0.4) is 0 Å². The summed E-state index contributed by atoms with van der Waals surface area (Å²) in [7, 11) is 0. The standard InChI is InChI=1S/C23H21NO2/c25-22-16-21(17-26-22)24-23(18-10-4-1-5-11-18,19-12-6-2-7-13-19)20-14-8-3-9-15-20/h1-15,21,24H,16-17H2. The predicted octanol–water partition coefficient (Wildman–Crippen LogP) is 3.88. The summed E-state index contributed by atoms with van der Waals surface area (Å²) >= 11 is 0. The van der Waals surface area contributed by atoms with Gasteiger partial charge in [-0.15, -0.1) is 0 Å². The highest BCUT2D eigenvalue weighted by molar-refractivity contribution is 5.72. The SMILES string of the molecule is O=C1CC(NC(c2ccccc2)(c2ccccc2)c2ccccc2)CO1. The molecule has 1 fully saturated rings. The van der Waals surface area contributed by atoms with E-state index < -0.39 is 5.54 Å². The summed E-state index contributed by atoms with van der Waals surface area (Å²) in [5.41, 5.74) is 2.85. The topological polar surface area (TPSA) is 38.3 Å². The lowest BCUT2D eigenvalue weighted by Gasteiger charge is -2.38. The van der Waals surface area contributed by atoms with Crippen molar-refractivity contribution in [2.45, 2.75) is 18.0 Å². The van der Waals surface area contributed by atoms with Crippen LogP contribution in [-0.2, 0) is 15.1 Å². The molecule has 3 nitrogen and oxygen atoms in total. The highest BCUT2D eigenvalue weighted by Gasteiger charge is 2.40. The Hall–Kier alpha value is -2.91. The first-order chi connectivity index (χ1) is 12.8. The molecule has 1 heterocycles. The first kappa shape index (κ1) is 16.6. The number of hydrogen-bond acceptors (Lipinski definition) is 3. The first-order valence-electron chi connectivity index (χ1n) is 8.89. The minimum absolute atomic E-state index is 0.0388. The predicted molar refractivity (Wildman–Crippen MR) is 102 cm³/mol. The maximum atomic E-state index is 11.7. The largest absolute Gasteiger partial charge is 0.464 e. The lowest BCUT2D eigenvalue weighted by atomic mass is 9.76. The summed E-state index contributed by atoms with van der Waals surface area (Å²) in [4.78, 5) is 11.7. The Balaban J connectivity index is 1.92. The molecule has 1 atom stereocenters. The van der Waals surface area contributed by atoms with E-state index in [0.717, 1.165) is 16.7 Å². The number of esters is 1. The molecule has 0 radical (unpaired) electrons. The molecule has 26 heavy (non-hydrogen) atoms. The van der Waals surface area contributed by atoms with E-state index in [2.05, 4.69) is 41.7 Å². The van der Waals surface area contributed by atoms with Crippen molar-refractivity contribution in [1.29, 1.82) is 0 Å². The van der Waals surface area contributed by atoms with Crippen LogP contribution >= 0.6 is 0 Å². The van der Waals surface area contributed by atoms with Gasteiger partial charge in [-0.3, -0.25) is 10.1 Å². The Labute approximate surface area is 153 Å². The van der Waals surface area contributed by atoms with Gasteiger partial charge in [0, 0.05) is 0 Å². The van der Waals surface area contributed by atoms with Gasteiger partial charge in [0.05, 0.1) is 18.0 Å². The number of carbonyl (C=O) groups is 1. The molecule has 1 saturated heterocycles. The molecular weight excluding hydrogens is 322 g/mol. The maximum absolute atomic E-state index is 11.7. The van der Waals surface area contributed by atoms with Crippen LogP contribution < -0.4 is 5.32 Å². The fourth-order valence-corrected chi connectivity index (χ4v) is 3.73. The van der Waals surface area contributed by atoms with Gasteiger partial charge in [-0.05, 0) is 16.7 Å². The van der Waals surface area contributed by atoms with Gasteiger partial charge >= 0.3 is 5.97 Å². The monoisotopic (exact) mass is 343 g/mol. The van der Waals surface area contributed by atoms with Crippen molar-refractivity contribution in [3.05, 3.63) is 108 Å². The normalized spacial score (nSPS) is 17.1. The van der Waals surface area contributed by atoms with Gasteiger partial charge in [0.2, 0.25) is 0 Å². The van der Waals surface area contributed by atoms with Gasteiger partial charge in [0.15, 0.2) is 0 Å². The van der Waals surface area contributed by atoms with Crippen LogP contribution in [0.2, 0.25) is 0 Å². The second kappa shape index (κ2) is 7.14. The Kier molecular flexibility index (Phi) is 4.55. The smallest absolute Gasteiger partial charge is 0.307 e. The quantitative estimate of drug-likeness (QED) is 0.564. The van der Waals surface area contributed by atoms with E-state index in [9.17, 15) is 4.79 Å². The van der Waals surface area contributed by atoms with Crippen LogP contribution in [0.1, 0.15) is 23.1 Å². The molecule has 0 amide bonds. The first-order valence-corrected chi connectivity index (χ1v) is 8.89. The summed E-state index contributed by atoms with van der Waals surface area (Å²) < 4.78 is 5.22. The molecule has 4 rings (SSSR count). The molecule has 0 aliphatic carbocycles. The number of hydrogen-bond donors (Lipinski definition) is 1. The molecule has 3 aromatic rings. The van der Waals surface area contributed by atoms with E-state index in [1.54, 1.807) is 0 Å². The highest BCUT2D eigenvalue weighted by atomic mass is 16.5. The fraction of sp³-hybridized carbons (Fsp3) is 0.174. The second-order valence-electron chi connectivity index (χ2n) is 6.58. The molecule has 0 aromatic heterocycles. The van der Waals surface area contributed by atoms with Crippen LogP contribution in [0.5, 0.6) is 0 Å². The van der Waals surface area contributed by atoms with E-state index in [4.69, 9.17) is 4.74 Å². The molecule has 130 valence electrons. The molecule has 0 spiro atoms. The third-order valence-electron chi connectivity index (χ3n) is 4.90. The van der Waals surface area contributed by atoms with E-state index in [1.165, 1.54) is 0 Å². The Morgan fingerprint density at radius 3 is 1.50 bits per heavy atom. The van der Waals surface area contributed by atoms with Gasteiger partial charge in [0.25, 0.3) is 0 Å². The average Bonchev–Trinajstić information content (AvgIpc) is 3.13. The van der Waals surface area contributed by atoms with E-state index in [-0.39, 0.29) is 12.0 Å². The highest BCUT2D eigenvalue weighted by Crippen LogP contribution is 2.37. The molecule has 1 aliphatic rings. The third-order valence-corrected chi connectivity index (χ3v) is 4.90. The zero-order valence-electron chi connectivity index (χ0n) is 14.5. The molecule has 1 N–H and O–H groups in total. The van der Waals surface area contributed by atoms with Crippen molar-refractivity contribution in [2.75, 3.05) is 6.61 Å². The van der Waals surface area contributed by atoms with Gasteiger partial charge < -0.3 is 4.74 Å². The maximum Gasteiger partial charge on any atom is 0.307 e. The van der Waals surface area contributed by atoms with Gasteiger partial charge in [-0.1, -0.05) is 91.0 Å². The zero-order chi connectivity index (χ0) is 17.8. The number of rotatable bonds is 5. The minimum atomic E-state index is -0.553. The number of cyclic esters (lactones) is 1. The van der Waals surface area contributed by atoms with Gasteiger partial charge in [0.1, 0.15) is 6.61 Å². The number of ether oxygens (including phenoxy) is 1. The van der Waals surface area contributed by atoms with Crippen molar-refractivity contribution < 1.29 is 9.53 Å². The molecule has 3 heteroatoms. The molecular formula is C23H21NO2. The minimum Gasteiger partial charge on any atom is -0.464 e. The Morgan fingerprint density at radius 2 is 1.15 bits per heavy atom. The fourth-order valence-electron chi connectivity index (χ4n) is 3.73. The molecule has 1 aliphatic heterocycles. The summed E-state index contributed by atoms with van der Waals surface area (Å²) in [6.07, 6.45) is 0.383. The average molecular weight is 343 g/mol. The Bertz CT molecular complexity index is 766. The van der Waals surface area contributed by atoms with Crippen LogP contribution in [0.15, 0.2) is 91.0 Å². The summed E-state index contributed by atoms with van der Waals surface area (Å²) in [6, 6.07) is 31.1. The van der Waals surface area contributed by atoms with E-state index >= 15 is 0 Å². The van der Waals surface area contributed by atoms with Crippen LogP contribution in [-0.4, -0.2) is 18.6 Å². The number of benzene rings is 3. The van der Waals surface area contributed by atoms with Crippen molar-refractivity contribution in [2.24, 2.45) is 0 Å². The van der Waals surface area contributed by atoms with Crippen molar-refractivity contribution in [1.82, 2.24) is 5.32 Å². The second-order valence-corrected chi connectivity index (χ2v) is 6.58. The summed E-state index contributed by atoms with van der Waals surface area (Å²) in [6.45, 7) is 0.396. The van der Waals surface area contributed by atoms with Gasteiger partial charge in [-0.2, -0.15) is 0 Å². The van der Waals surface area contributed by atoms with Crippen LogP contribution in [0.4, 0.5) is 0 Å². The summed E-state index contributed by atoms with van der Waals surface area (Å²) in [5, 5.41) is 3.76. The third kappa shape index (κ3) is 3.02. The zero-order valence-corrected chi connectivity index (χ0v) is 14.5. The number of nitrogens with one attached hydrogen (secondary N) is 1. The molecule has 0 bridgehead atoms. The lowest BCUT2D eigenvalue weighted by molar-refractivity contribution is -0.137.